The summed E-state index contributed by atoms with van der Waals surface area (Å²) < 4.78 is 16.5. The first-order valence-electron chi connectivity index (χ1n) is 9.15. The topological polar surface area (TPSA) is 102 Å². The third-order valence-corrected chi connectivity index (χ3v) is 4.61. The van der Waals surface area contributed by atoms with Gasteiger partial charge in [0.05, 0.1) is 6.21 Å². The van der Waals surface area contributed by atoms with Gasteiger partial charge in [0.1, 0.15) is 11.5 Å². The van der Waals surface area contributed by atoms with Crippen LogP contribution in [0.1, 0.15) is 21.7 Å². The summed E-state index contributed by atoms with van der Waals surface area (Å²) in [6, 6.07) is 17.2. The van der Waals surface area contributed by atoms with E-state index in [2.05, 4.69) is 31.8 Å². The summed E-state index contributed by atoms with van der Waals surface area (Å²) in [7, 11) is 0. The summed E-state index contributed by atoms with van der Waals surface area (Å²) in [4.78, 5) is 25.3. The minimum atomic E-state index is -0.608. The number of rotatable bonds is 6. The van der Waals surface area contributed by atoms with Crippen molar-refractivity contribution < 1.29 is 23.5 Å². The average molecular weight is 482 g/mol. The van der Waals surface area contributed by atoms with Crippen molar-refractivity contribution in [2.24, 2.45) is 5.10 Å². The SMILES string of the molecule is O=C(N/N=C/c1ccc(Br)o1)/C(=C\c1ccc2c(c1)OCO2)NC(=O)c1ccccc1. The highest BCUT2D eigenvalue weighted by Crippen LogP contribution is 2.33. The largest absolute Gasteiger partial charge is 0.454 e. The van der Waals surface area contributed by atoms with Gasteiger partial charge >= 0.3 is 0 Å². The van der Waals surface area contributed by atoms with Crippen LogP contribution in [-0.2, 0) is 4.79 Å². The summed E-state index contributed by atoms with van der Waals surface area (Å²) >= 11 is 3.19. The predicted octanol–water partition coefficient (Wildman–Crippen LogP) is 3.69. The van der Waals surface area contributed by atoms with Gasteiger partial charge in [-0.2, -0.15) is 5.10 Å². The Labute approximate surface area is 185 Å². The first-order valence-corrected chi connectivity index (χ1v) is 9.94. The van der Waals surface area contributed by atoms with E-state index < -0.39 is 11.8 Å². The van der Waals surface area contributed by atoms with Crippen LogP contribution in [-0.4, -0.2) is 24.8 Å². The molecule has 2 amide bonds. The summed E-state index contributed by atoms with van der Waals surface area (Å²) in [6.45, 7) is 0.137. The molecule has 0 radical (unpaired) electrons. The molecule has 2 N–H and O–H groups in total. The van der Waals surface area contributed by atoms with Crippen LogP contribution in [0, 0.1) is 0 Å². The average Bonchev–Trinajstić information content (AvgIpc) is 3.42. The van der Waals surface area contributed by atoms with Crippen molar-refractivity contribution in [2.75, 3.05) is 6.79 Å². The van der Waals surface area contributed by atoms with Gasteiger partial charge in [0.25, 0.3) is 11.8 Å². The second kappa shape index (κ2) is 9.31. The number of hydrogen-bond donors (Lipinski definition) is 2. The lowest BCUT2D eigenvalue weighted by atomic mass is 10.1. The Morgan fingerprint density at radius 3 is 2.58 bits per heavy atom. The van der Waals surface area contributed by atoms with Crippen LogP contribution in [0.3, 0.4) is 0 Å². The van der Waals surface area contributed by atoms with Crippen molar-refractivity contribution in [3.63, 3.8) is 0 Å². The maximum Gasteiger partial charge on any atom is 0.287 e. The van der Waals surface area contributed by atoms with Gasteiger partial charge in [-0.1, -0.05) is 24.3 Å². The van der Waals surface area contributed by atoms with Crippen LogP contribution in [0.5, 0.6) is 11.5 Å². The normalized spacial score (nSPS) is 12.7. The fourth-order valence-corrected chi connectivity index (χ4v) is 3.04. The number of nitrogens with one attached hydrogen (secondary N) is 2. The van der Waals surface area contributed by atoms with Gasteiger partial charge in [0.15, 0.2) is 16.2 Å². The molecule has 0 fully saturated rings. The van der Waals surface area contributed by atoms with Crippen molar-refractivity contribution in [3.05, 3.63) is 87.9 Å². The van der Waals surface area contributed by atoms with Gasteiger partial charge in [-0.3, -0.25) is 9.59 Å². The fraction of sp³-hybridized carbons (Fsp3) is 0.0455. The molecule has 31 heavy (non-hydrogen) atoms. The standard InChI is InChI=1S/C22H16BrN3O5/c23-20-9-7-16(31-20)12-24-26-22(28)17(25-21(27)15-4-2-1-3-5-15)10-14-6-8-18-19(11-14)30-13-29-18/h1-12H,13H2,(H,25,27)(H,26,28)/b17-10+,24-12+. The van der Waals surface area contributed by atoms with Crippen LogP contribution >= 0.6 is 15.9 Å². The number of hydrazone groups is 1. The molecule has 0 aliphatic carbocycles. The van der Waals surface area contributed by atoms with E-state index >= 15 is 0 Å². The zero-order valence-electron chi connectivity index (χ0n) is 16.0. The molecule has 2 heterocycles. The molecule has 0 spiro atoms. The molecule has 1 aromatic heterocycles. The van der Waals surface area contributed by atoms with E-state index in [4.69, 9.17) is 13.9 Å². The Kier molecular flexibility index (Phi) is 6.13. The summed E-state index contributed by atoms with van der Waals surface area (Å²) in [5.74, 6) is 0.585. The quantitative estimate of drug-likeness (QED) is 0.317. The number of fused-ring (bicyclic) bond motifs is 1. The van der Waals surface area contributed by atoms with E-state index in [0.29, 0.717) is 33.1 Å². The van der Waals surface area contributed by atoms with Crippen LogP contribution in [0.25, 0.3) is 6.08 Å². The third kappa shape index (κ3) is 5.20. The third-order valence-electron chi connectivity index (χ3n) is 4.19. The molecule has 2 aromatic carbocycles. The Bertz CT molecular complexity index is 1170. The van der Waals surface area contributed by atoms with E-state index in [1.807, 2.05) is 0 Å². The van der Waals surface area contributed by atoms with Crippen LogP contribution in [0.4, 0.5) is 0 Å². The molecular weight excluding hydrogens is 466 g/mol. The maximum absolute atomic E-state index is 12.7. The highest BCUT2D eigenvalue weighted by atomic mass is 79.9. The van der Waals surface area contributed by atoms with Crippen molar-refractivity contribution in [3.8, 4) is 11.5 Å². The van der Waals surface area contributed by atoms with Crippen LogP contribution in [0.15, 0.2) is 80.5 Å². The molecule has 9 heteroatoms. The maximum atomic E-state index is 12.7. The zero-order chi connectivity index (χ0) is 21.6. The highest BCUT2D eigenvalue weighted by molar-refractivity contribution is 9.10. The van der Waals surface area contributed by atoms with E-state index in [-0.39, 0.29) is 12.5 Å². The number of hydrogen-bond acceptors (Lipinski definition) is 6. The van der Waals surface area contributed by atoms with E-state index in [1.54, 1.807) is 60.7 Å². The first-order chi connectivity index (χ1) is 15.1. The lowest BCUT2D eigenvalue weighted by Gasteiger charge is -2.09. The molecular formula is C22H16BrN3O5. The molecule has 156 valence electrons. The van der Waals surface area contributed by atoms with E-state index in [1.165, 1.54) is 12.3 Å². The summed E-state index contributed by atoms with van der Waals surface area (Å²) in [5, 5.41) is 6.51. The zero-order valence-corrected chi connectivity index (χ0v) is 17.6. The molecule has 0 saturated carbocycles. The van der Waals surface area contributed by atoms with E-state index in [9.17, 15) is 9.59 Å². The van der Waals surface area contributed by atoms with Crippen molar-refractivity contribution >= 4 is 40.0 Å². The monoisotopic (exact) mass is 481 g/mol. The van der Waals surface area contributed by atoms with Crippen molar-refractivity contribution in [1.82, 2.24) is 10.7 Å². The lowest BCUT2D eigenvalue weighted by Crippen LogP contribution is -2.32. The van der Waals surface area contributed by atoms with Gasteiger partial charge in [-0.15, -0.1) is 0 Å². The second-order valence-electron chi connectivity index (χ2n) is 6.33. The number of carbonyl (C=O) groups is 2. The summed E-state index contributed by atoms with van der Waals surface area (Å²) in [5.41, 5.74) is 3.44. The Morgan fingerprint density at radius 1 is 1.00 bits per heavy atom. The molecule has 4 rings (SSSR count). The molecule has 0 unspecified atom stereocenters. The molecule has 3 aromatic rings. The van der Waals surface area contributed by atoms with Crippen LogP contribution in [0.2, 0.25) is 0 Å². The van der Waals surface area contributed by atoms with Crippen LogP contribution < -0.4 is 20.2 Å². The fourth-order valence-electron chi connectivity index (χ4n) is 2.72. The molecule has 0 atom stereocenters. The number of halogens is 1. The smallest absolute Gasteiger partial charge is 0.287 e. The van der Waals surface area contributed by atoms with Gasteiger partial charge < -0.3 is 19.2 Å². The number of furan rings is 1. The highest BCUT2D eigenvalue weighted by Gasteiger charge is 2.16. The molecule has 0 bridgehead atoms. The Balaban J connectivity index is 1.56. The van der Waals surface area contributed by atoms with Gasteiger partial charge in [0, 0.05) is 5.56 Å². The lowest BCUT2D eigenvalue weighted by molar-refractivity contribution is -0.117. The van der Waals surface area contributed by atoms with E-state index in [0.717, 1.165) is 0 Å². The summed E-state index contributed by atoms with van der Waals surface area (Å²) in [6.07, 6.45) is 2.87. The van der Waals surface area contributed by atoms with Gasteiger partial charge in [0.2, 0.25) is 6.79 Å². The number of ether oxygens (including phenoxy) is 2. The minimum absolute atomic E-state index is 0.00509. The predicted molar refractivity (Wildman–Crippen MR) is 117 cm³/mol. The second-order valence-corrected chi connectivity index (χ2v) is 7.11. The van der Waals surface area contributed by atoms with Gasteiger partial charge in [-0.05, 0) is 64.0 Å². The Hall–Kier alpha value is -3.85. The minimum Gasteiger partial charge on any atom is -0.454 e. The van der Waals surface area contributed by atoms with Crippen molar-refractivity contribution in [2.45, 2.75) is 0 Å². The Morgan fingerprint density at radius 2 is 1.81 bits per heavy atom. The first kappa shape index (κ1) is 20.4. The number of benzene rings is 2. The van der Waals surface area contributed by atoms with Crippen molar-refractivity contribution in [1.29, 1.82) is 0 Å². The molecule has 1 aliphatic heterocycles. The molecule has 8 nitrogen and oxygen atoms in total. The molecule has 1 aliphatic rings. The number of carbonyl (C=O) groups excluding carboxylic acids is 2. The van der Waals surface area contributed by atoms with Gasteiger partial charge in [-0.25, -0.2) is 5.43 Å². The number of nitrogens with zero attached hydrogens (tertiary/aromatic N) is 1. The molecule has 0 saturated heterocycles. The number of amides is 2.